The zero-order valence-electron chi connectivity index (χ0n) is 14.9. The van der Waals surface area contributed by atoms with Crippen molar-refractivity contribution in [2.24, 2.45) is 0 Å². The zero-order valence-corrected chi connectivity index (χ0v) is 15.7. The first kappa shape index (κ1) is 18.5. The van der Waals surface area contributed by atoms with E-state index in [-0.39, 0.29) is 0 Å². The smallest absolute Gasteiger partial charge is 0.126 e. The average Bonchev–Trinajstić information content (AvgIpc) is 2.72. The van der Waals surface area contributed by atoms with Crippen molar-refractivity contribution in [2.45, 2.75) is 0 Å². The van der Waals surface area contributed by atoms with Gasteiger partial charge in [0.15, 0.2) is 0 Å². The van der Waals surface area contributed by atoms with Gasteiger partial charge in [0, 0.05) is 16.1 Å². The molecule has 2 nitrogen and oxygen atoms in total. The van der Waals surface area contributed by atoms with Crippen molar-refractivity contribution in [3.8, 4) is 22.9 Å². The molecule has 3 rings (SSSR count). The molecule has 0 aliphatic carbocycles. The third-order valence-corrected chi connectivity index (χ3v) is 4.63. The molecule has 0 unspecified atom stereocenters. The number of methoxy groups -OCH3 is 1. The summed E-state index contributed by atoms with van der Waals surface area (Å²) in [5.74, 6) is 0.701. The lowest BCUT2D eigenvalue weighted by Gasteiger charge is -2.09. The molecule has 0 bridgehead atoms. The second-order valence-electron chi connectivity index (χ2n) is 5.90. The second-order valence-corrected chi connectivity index (χ2v) is 6.31. The van der Waals surface area contributed by atoms with Gasteiger partial charge in [0.25, 0.3) is 0 Å². The quantitative estimate of drug-likeness (QED) is 0.467. The maximum atomic E-state index is 9.72. The molecule has 0 saturated carbocycles. The van der Waals surface area contributed by atoms with Crippen LogP contribution in [0.25, 0.3) is 29.4 Å². The van der Waals surface area contributed by atoms with Crippen LogP contribution >= 0.6 is 11.6 Å². The Balaban J connectivity index is 2.04. The van der Waals surface area contributed by atoms with Crippen molar-refractivity contribution in [1.29, 1.82) is 5.26 Å². The second kappa shape index (κ2) is 8.40. The van der Waals surface area contributed by atoms with E-state index in [0.29, 0.717) is 16.3 Å². The summed E-state index contributed by atoms with van der Waals surface area (Å²) in [5.41, 5.74) is 5.04. The molecule has 0 amide bonds. The van der Waals surface area contributed by atoms with Crippen LogP contribution in [0, 0.1) is 11.3 Å². The van der Waals surface area contributed by atoms with Crippen LogP contribution in [0.5, 0.6) is 5.75 Å². The lowest BCUT2D eigenvalue weighted by Crippen LogP contribution is -1.90. The molecule has 0 spiro atoms. The van der Waals surface area contributed by atoms with Gasteiger partial charge in [-0.25, -0.2) is 0 Å². The fourth-order valence-electron chi connectivity index (χ4n) is 2.92. The number of benzene rings is 3. The van der Waals surface area contributed by atoms with Crippen molar-refractivity contribution in [1.82, 2.24) is 0 Å². The van der Waals surface area contributed by atoms with Gasteiger partial charge < -0.3 is 4.74 Å². The van der Waals surface area contributed by atoms with E-state index < -0.39 is 0 Å². The van der Waals surface area contributed by atoms with E-state index in [1.54, 1.807) is 13.2 Å². The largest absolute Gasteiger partial charge is 0.496 e. The summed E-state index contributed by atoms with van der Waals surface area (Å²) in [6, 6.07) is 21.7. The first-order valence-corrected chi connectivity index (χ1v) is 8.82. The molecular weight excluding hydrogens is 354 g/mol. The summed E-state index contributed by atoms with van der Waals surface area (Å²) in [6.45, 7) is 3.77. The van der Waals surface area contributed by atoms with Crippen molar-refractivity contribution in [2.75, 3.05) is 7.11 Å². The molecule has 3 aromatic rings. The first-order chi connectivity index (χ1) is 13.2. The summed E-state index contributed by atoms with van der Waals surface area (Å²) in [4.78, 5) is 0. The predicted molar refractivity (Wildman–Crippen MR) is 114 cm³/mol. The predicted octanol–water partition coefficient (Wildman–Crippen LogP) is 6.70. The Morgan fingerprint density at radius 2 is 1.70 bits per heavy atom. The van der Waals surface area contributed by atoms with Crippen molar-refractivity contribution in [3.05, 3.63) is 94.5 Å². The minimum atomic E-state index is 0.597. The highest BCUT2D eigenvalue weighted by atomic mass is 35.5. The number of nitrogens with zero attached hydrogens (tertiary/aromatic N) is 1. The third-order valence-electron chi connectivity index (χ3n) is 4.30. The van der Waals surface area contributed by atoms with Crippen LogP contribution in [0.1, 0.15) is 22.3 Å². The van der Waals surface area contributed by atoms with Gasteiger partial charge in [0.2, 0.25) is 0 Å². The Hall–Kier alpha value is -3.28. The third kappa shape index (κ3) is 3.95. The van der Waals surface area contributed by atoms with Crippen LogP contribution < -0.4 is 4.74 Å². The highest BCUT2D eigenvalue weighted by Crippen LogP contribution is 2.31. The Bertz CT molecular complexity index is 1050. The van der Waals surface area contributed by atoms with Gasteiger partial charge in [0.1, 0.15) is 11.8 Å². The number of hydrogen-bond donors (Lipinski definition) is 0. The van der Waals surface area contributed by atoms with Crippen LogP contribution in [0.4, 0.5) is 0 Å². The maximum Gasteiger partial charge on any atom is 0.126 e. The van der Waals surface area contributed by atoms with Gasteiger partial charge in [-0.15, -0.1) is 0 Å². The van der Waals surface area contributed by atoms with E-state index >= 15 is 0 Å². The highest BCUT2D eigenvalue weighted by molar-refractivity contribution is 6.32. The molecule has 0 aliphatic heterocycles. The summed E-state index contributed by atoms with van der Waals surface area (Å²) in [6.07, 6.45) is 5.50. The molecule has 0 fully saturated rings. The summed E-state index contributed by atoms with van der Waals surface area (Å²) in [5, 5.41) is 10.3. The lowest BCUT2D eigenvalue weighted by molar-refractivity contribution is 0.414. The summed E-state index contributed by atoms with van der Waals surface area (Å²) in [7, 11) is 1.61. The van der Waals surface area contributed by atoms with Crippen molar-refractivity contribution in [3.63, 3.8) is 0 Å². The standard InChI is InChI=1S/C24H18ClNO/c1-3-17-14-23(25)20(15-24(17)27-2)13-12-19-10-7-11-21(22(19)16-26)18-8-5-4-6-9-18/h3-15H,1H2,2H3/b13-12+. The number of halogens is 1. The number of hydrogen-bond acceptors (Lipinski definition) is 2. The van der Waals surface area contributed by atoms with Gasteiger partial charge >= 0.3 is 0 Å². The zero-order chi connectivity index (χ0) is 19.2. The van der Waals surface area contributed by atoms with Crippen LogP contribution in [-0.4, -0.2) is 7.11 Å². The van der Waals surface area contributed by atoms with E-state index in [1.165, 1.54) is 0 Å². The van der Waals surface area contributed by atoms with Gasteiger partial charge in [-0.2, -0.15) is 5.26 Å². The van der Waals surface area contributed by atoms with Crippen LogP contribution in [0.2, 0.25) is 5.02 Å². The molecule has 0 N–H and O–H groups in total. The van der Waals surface area contributed by atoms with Crippen LogP contribution in [-0.2, 0) is 0 Å². The van der Waals surface area contributed by atoms with Gasteiger partial charge in [-0.3, -0.25) is 0 Å². The average molecular weight is 372 g/mol. The Labute approximate surface area is 164 Å². The summed E-state index contributed by atoms with van der Waals surface area (Å²) >= 11 is 6.38. The van der Waals surface area contributed by atoms with Gasteiger partial charge in [0.05, 0.1) is 12.7 Å². The van der Waals surface area contributed by atoms with E-state index in [1.807, 2.05) is 72.8 Å². The molecule has 27 heavy (non-hydrogen) atoms. The van der Waals surface area contributed by atoms with E-state index in [2.05, 4.69) is 12.6 Å². The van der Waals surface area contributed by atoms with Crippen molar-refractivity contribution < 1.29 is 4.74 Å². The van der Waals surface area contributed by atoms with E-state index in [4.69, 9.17) is 16.3 Å². The number of nitriles is 1. The minimum absolute atomic E-state index is 0.597. The molecule has 0 radical (unpaired) electrons. The molecule has 3 aromatic carbocycles. The lowest BCUT2D eigenvalue weighted by atomic mass is 9.95. The fourth-order valence-corrected chi connectivity index (χ4v) is 3.16. The molecular formula is C24H18ClNO. The van der Waals surface area contributed by atoms with E-state index in [0.717, 1.165) is 27.8 Å². The molecule has 0 atom stereocenters. The normalized spacial score (nSPS) is 10.6. The minimum Gasteiger partial charge on any atom is -0.496 e. The number of ether oxygens (including phenoxy) is 1. The number of rotatable bonds is 5. The van der Waals surface area contributed by atoms with Gasteiger partial charge in [-0.1, -0.05) is 84.9 Å². The molecule has 0 saturated heterocycles. The summed E-state index contributed by atoms with van der Waals surface area (Å²) < 4.78 is 5.39. The Morgan fingerprint density at radius 3 is 2.37 bits per heavy atom. The Morgan fingerprint density at radius 1 is 0.963 bits per heavy atom. The topological polar surface area (TPSA) is 33.0 Å². The van der Waals surface area contributed by atoms with E-state index in [9.17, 15) is 5.26 Å². The van der Waals surface area contributed by atoms with Crippen LogP contribution in [0.3, 0.4) is 0 Å². The molecule has 0 heterocycles. The van der Waals surface area contributed by atoms with Gasteiger partial charge in [-0.05, 0) is 28.8 Å². The maximum absolute atomic E-state index is 9.72. The molecule has 0 aromatic heterocycles. The van der Waals surface area contributed by atoms with Crippen molar-refractivity contribution >= 4 is 29.8 Å². The fraction of sp³-hybridized carbons (Fsp3) is 0.0417. The molecule has 3 heteroatoms. The Kier molecular flexibility index (Phi) is 5.76. The molecule has 132 valence electrons. The monoisotopic (exact) mass is 371 g/mol. The molecule has 0 aliphatic rings. The highest BCUT2D eigenvalue weighted by Gasteiger charge is 2.09. The first-order valence-electron chi connectivity index (χ1n) is 8.44. The SMILES string of the molecule is C=Cc1cc(Cl)c(/C=C/c2cccc(-c3ccccc3)c2C#N)cc1OC. The van der Waals surface area contributed by atoms with Crippen LogP contribution in [0.15, 0.2) is 67.2 Å².